The molecule has 0 bridgehead atoms. The fraction of sp³-hybridized carbons (Fsp3) is 0.333. The fourth-order valence-electron chi connectivity index (χ4n) is 4.09. The van der Waals surface area contributed by atoms with Crippen molar-refractivity contribution in [2.75, 3.05) is 18.4 Å². The van der Waals surface area contributed by atoms with Gasteiger partial charge in [0.25, 0.3) is 0 Å². The molecule has 1 aliphatic heterocycles. The van der Waals surface area contributed by atoms with Crippen LogP contribution in [-0.2, 0) is 13.1 Å². The minimum Gasteiger partial charge on any atom is -0.389 e. The molecule has 1 saturated heterocycles. The van der Waals surface area contributed by atoms with Crippen LogP contribution in [0.25, 0.3) is 16.8 Å². The molecule has 4 heterocycles. The normalized spacial score (nSPS) is 14.8. The molecule has 174 valence electrons. The Labute approximate surface area is 196 Å². The van der Waals surface area contributed by atoms with Crippen LogP contribution in [0, 0.1) is 23.1 Å². The first-order valence-corrected chi connectivity index (χ1v) is 11.1. The minimum atomic E-state index is -0.876. The predicted octanol–water partition coefficient (Wildman–Crippen LogP) is 3.20. The number of likely N-dealkylation sites (tertiary alicyclic amines) is 1. The number of halogens is 1. The molecule has 9 nitrogen and oxygen atoms in total. The molecule has 3 aromatic heterocycles. The lowest BCUT2D eigenvalue weighted by atomic mass is 9.99. The molecule has 2 N–H and O–H groups in total. The van der Waals surface area contributed by atoms with E-state index in [1.54, 1.807) is 47.7 Å². The van der Waals surface area contributed by atoms with E-state index in [0.717, 1.165) is 5.56 Å². The molecule has 4 aromatic rings. The third-order valence-corrected chi connectivity index (χ3v) is 5.70. The minimum absolute atomic E-state index is 0.0477. The van der Waals surface area contributed by atoms with Gasteiger partial charge in [0.15, 0.2) is 5.65 Å². The smallest absolute Gasteiger partial charge is 0.247 e. The molecule has 0 saturated carbocycles. The molecule has 5 rings (SSSR count). The van der Waals surface area contributed by atoms with Crippen LogP contribution in [0.5, 0.6) is 0 Å². The molecule has 1 aromatic carbocycles. The maximum Gasteiger partial charge on any atom is 0.247 e. The first-order chi connectivity index (χ1) is 16.3. The topological polar surface area (TPSA) is 107 Å². The van der Waals surface area contributed by atoms with Crippen LogP contribution in [0.1, 0.15) is 19.4 Å². The van der Waals surface area contributed by atoms with Gasteiger partial charge in [-0.05, 0) is 37.6 Å². The van der Waals surface area contributed by atoms with E-state index < -0.39 is 5.60 Å². The van der Waals surface area contributed by atoms with E-state index in [4.69, 9.17) is 5.26 Å². The average Bonchev–Trinajstić information content (AvgIpc) is 3.36. The second-order valence-electron chi connectivity index (χ2n) is 9.32. The number of hydrogen-bond donors (Lipinski definition) is 2. The third-order valence-electron chi connectivity index (χ3n) is 5.70. The van der Waals surface area contributed by atoms with Crippen molar-refractivity contribution in [3.05, 3.63) is 60.3 Å². The van der Waals surface area contributed by atoms with Gasteiger partial charge in [-0.2, -0.15) is 15.3 Å². The summed E-state index contributed by atoms with van der Waals surface area (Å²) in [6.07, 6.45) is 5.20. The van der Waals surface area contributed by atoms with Crippen LogP contribution in [0.2, 0.25) is 0 Å². The number of hydrogen-bond acceptors (Lipinski definition) is 7. The van der Waals surface area contributed by atoms with E-state index in [-0.39, 0.29) is 11.7 Å². The summed E-state index contributed by atoms with van der Waals surface area (Å²) >= 11 is 0. The highest BCUT2D eigenvalue weighted by Crippen LogP contribution is 2.28. The van der Waals surface area contributed by atoms with Gasteiger partial charge in [-0.1, -0.05) is 12.1 Å². The summed E-state index contributed by atoms with van der Waals surface area (Å²) in [6.45, 7) is 5.66. The highest BCUT2D eigenvalue weighted by molar-refractivity contribution is 5.78. The van der Waals surface area contributed by atoms with Crippen LogP contribution in [0.15, 0.2) is 48.9 Å². The lowest BCUT2D eigenvalue weighted by Crippen LogP contribution is -2.45. The predicted molar refractivity (Wildman–Crippen MR) is 125 cm³/mol. The van der Waals surface area contributed by atoms with Crippen LogP contribution in [0.3, 0.4) is 0 Å². The van der Waals surface area contributed by atoms with Gasteiger partial charge in [-0.15, -0.1) is 5.10 Å². The summed E-state index contributed by atoms with van der Waals surface area (Å²) in [5, 5.41) is 30.7. The van der Waals surface area contributed by atoms with Gasteiger partial charge in [0.1, 0.15) is 5.82 Å². The number of nitriles is 1. The average molecular weight is 461 g/mol. The number of anilines is 2. The Balaban J connectivity index is 1.36. The zero-order valence-corrected chi connectivity index (χ0v) is 19.0. The Kier molecular flexibility index (Phi) is 5.51. The summed E-state index contributed by atoms with van der Waals surface area (Å²) in [5.74, 6) is 0.153. The van der Waals surface area contributed by atoms with Gasteiger partial charge in [-0.3, -0.25) is 9.58 Å². The molecule has 0 unspecified atom stereocenters. The standard InChI is InChI=1S/C24H25FN8O/c1-24(2,34)15-32-14-19(10-27-32)28-23-29-22-20(4-3-7-33(22)30-23)17-5-6-18(21(25)8-17)13-31-11-16(9-26)12-31/h3-8,10,14,16,34H,11-13,15H2,1-2H3,(H,28,30). The van der Waals surface area contributed by atoms with Gasteiger partial charge < -0.3 is 10.4 Å². The van der Waals surface area contributed by atoms with E-state index >= 15 is 0 Å². The zero-order valence-electron chi connectivity index (χ0n) is 19.0. The van der Waals surface area contributed by atoms with E-state index in [1.807, 2.05) is 18.2 Å². The Morgan fingerprint density at radius 1 is 1.29 bits per heavy atom. The largest absolute Gasteiger partial charge is 0.389 e. The molecule has 0 amide bonds. The van der Waals surface area contributed by atoms with Crippen molar-refractivity contribution in [2.45, 2.75) is 32.5 Å². The van der Waals surface area contributed by atoms with E-state index in [0.29, 0.717) is 54.6 Å². The molecule has 1 aliphatic rings. The molecule has 34 heavy (non-hydrogen) atoms. The fourth-order valence-corrected chi connectivity index (χ4v) is 4.09. The summed E-state index contributed by atoms with van der Waals surface area (Å²) in [5.41, 5.74) is 2.50. The quantitative estimate of drug-likeness (QED) is 0.436. The zero-order chi connectivity index (χ0) is 23.9. The molecule has 1 fully saturated rings. The number of aliphatic hydroxyl groups is 1. The van der Waals surface area contributed by atoms with Crippen LogP contribution in [-0.4, -0.2) is 53.1 Å². The number of fused-ring (bicyclic) bond motifs is 1. The van der Waals surface area contributed by atoms with Crippen molar-refractivity contribution in [2.24, 2.45) is 5.92 Å². The van der Waals surface area contributed by atoms with E-state index in [1.165, 1.54) is 6.07 Å². The van der Waals surface area contributed by atoms with Crippen LogP contribution >= 0.6 is 0 Å². The number of benzene rings is 1. The van der Waals surface area contributed by atoms with Gasteiger partial charge in [-0.25, -0.2) is 8.91 Å². The molecule has 10 heteroatoms. The molecule has 0 atom stereocenters. The maximum absolute atomic E-state index is 14.9. The number of nitrogens with zero attached hydrogens (tertiary/aromatic N) is 7. The molecule has 0 radical (unpaired) electrons. The maximum atomic E-state index is 14.9. The summed E-state index contributed by atoms with van der Waals surface area (Å²) in [4.78, 5) is 6.66. The van der Waals surface area contributed by atoms with Crippen molar-refractivity contribution in [3.63, 3.8) is 0 Å². The monoisotopic (exact) mass is 460 g/mol. The van der Waals surface area contributed by atoms with Gasteiger partial charge in [0, 0.05) is 43.2 Å². The number of pyridine rings is 1. The SMILES string of the molecule is CC(C)(O)Cn1cc(Nc2nc3c(-c4ccc(CN5CC(C#N)C5)c(F)c4)cccn3n2)cn1. The highest BCUT2D eigenvalue weighted by atomic mass is 19.1. The van der Waals surface area contributed by atoms with Crippen molar-refractivity contribution in [1.29, 1.82) is 5.26 Å². The summed E-state index contributed by atoms with van der Waals surface area (Å²) < 4.78 is 18.2. The molecule has 0 spiro atoms. The second-order valence-corrected chi connectivity index (χ2v) is 9.32. The first-order valence-electron chi connectivity index (χ1n) is 11.1. The van der Waals surface area contributed by atoms with Gasteiger partial charge >= 0.3 is 0 Å². The Hall–Kier alpha value is -3.81. The van der Waals surface area contributed by atoms with Crippen molar-refractivity contribution in [1.82, 2.24) is 29.3 Å². The van der Waals surface area contributed by atoms with Gasteiger partial charge in [0.2, 0.25) is 5.95 Å². The Morgan fingerprint density at radius 3 is 2.85 bits per heavy atom. The number of aromatic nitrogens is 5. The summed E-state index contributed by atoms with van der Waals surface area (Å²) in [7, 11) is 0. The molecule has 0 aliphatic carbocycles. The summed E-state index contributed by atoms with van der Waals surface area (Å²) in [6, 6.07) is 11.2. The van der Waals surface area contributed by atoms with E-state index in [9.17, 15) is 9.50 Å². The van der Waals surface area contributed by atoms with E-state index in [2.05, 4.69) is 31.5 Å². The third kappa shape index (κ3) is 4.62. The Morgan fingerprint density at radius 2 is 2.12 bits per heavy atom. The van der Waals surface area contributed by atoms with Crippen molar-refractivity contribution < 1.29 is 9.50 Å². The first kappa shape index (κ1) is 22.0. The molecular formula is C24H25FN8O. The lowest BCUT2D eigenvalue weighted by Gasteiger charge is -2.35. The molecular weight excluding hydrogens is 435 g/mol. The highest BCUT2D eigenvalue weighted by Gasteiger charge is 2.27. The van der Waals surface area contributed by atoms with Gasteiger partial charge in [0.05, 0.1) is 36.0 Å². The van der Waals surface area contributed by atoms with Crippen molar-refractivity contribution in [3.8, 4) is 17.2 Å². The number of rotatable bonds is 7. The Bertz CT molecular complexity index is 1370. The van der Waals surface area contributed by atoms with Crippen LogP contribution < -0.4 is 5.32 Å². The van der Waals surface area contributed by atoms with Crippen LogP contribution in [0.4, 0.5) is 16.0 Å². The lowest BCUT2D eigenvalue weighted by molar-refractivity contribution is 0.0578. The second kappa shape index (κ2) is 8.52. The van der Waals surface area contributed by atoms with Crippen molar-refractivity contribution >= 4 is 17.3 Å². The number of nitrogens with one attached hydrogen (secondary N) is 1.